The lowest BCUT2D eigenvalue weighted by atomic mass is 10.3. The third-order valence-electron chi connectivity index (χ3n) is 4.18. The van der Waals surface area contributed by atoms with Gasteiger partial charge in [-0.05, 0) is 24.3 Å². The molecule has 4 aromatic rings. The van der Waals surface area contributed by atoms with Crippen LogP contribution in [0.5, 0.6) is 0 Å². The summed E-state index contributed by atoms with van der Waals surface area (Å²) in [4.78, 5) is 33.0. The Kier molecular flexibility index (Phi) is 4.63. The van der Waals surface area contributed by atoms with Crippen LogP contribution in [0.4, 0.5) is 17.2 Å². The summed E-state index contributed by atoms with van der Waals surface area (Å²) in [5.74, 6) is 0.0149. The Labute approximate surface area is 163 Å². The summed E-state index contributed by atoms with van der Waals surface area (Å²) in [5, 5.41) is 19.2. The predicted octanol–water partition coefficient (Wildman–Crippen LogP) is 1.18. The highest BCUT2D eigenvalue weighted by atomic mass is 16.5. The maximum absolute atomic E-state index is 12.9. The highest BCUT2D eigenvalue weighted by Gasteiger charge is 2.16. The molecule has 0 unspecified atom stereocenters. The number of rotatable bonds is 5. The fraction of sp³-hybridized carbons (Fsp3) is 0.0556. The lowest BCUT2D eigenvalue weighted by molar-refractivity contribution is 0.0698. The smallest absolute Gasteiger partial charge is 0.294 e. The molecular weight excluding hydrogens is 376 g/mol. The third kappa shape index (κ3) is 3.26. The van der Waals surface area contributed by atoms with E-state index in [0.29, 0.717) is 23.0 Å². The molecule has 11 heteroatoms. The minimum absolute atomic E-state index is 0.0293. The zero-order chi connectivity index (χ0) is 20.4. The van der Waals surface area contributed by atoms with Crippen molar-refractivity contribution in [3.63, 3.8) is 0 Å². The normalized spacial score (nSPS) is 10.7. The van der Waals surface area contributed by atoms with Gasteiger partial charge in [0, 0.05) is 25.5 Å². The molecule has 29 heavy (non-hydrogen) atoms. The molecule has 0 fully saturated rings. The Morgan fingerprint density at radius 3 is 2.72 bits per heavy atom. The van der Waals surface area contributed by atoms with Gasteiger partial charge in [0.1, 0.15) is 11.5 Å². The number of carbonyl (C=O) groups excluding carboxylic acids is 1. The van der Waals surface area contributed by atoms with Crippen LogP contribution in [0.2, 0.25) is 0 Å². The van der Waals surface area contributed by atoms with Crippen molar-refractivity contribution in [2.45, 2.75) is 0 Å². The number of fused-ring (bicyclic) bond motifs is 1. The Balaban J connectivity index is 1.79. The van der Waals surface area contributed by atoms with Crippen LogP contribution >= 0.6 is 0 Å². The summed E-state index contributed by atoms with van der Waals surface area (Å²) in [7, 11) is 1.69. The van der Waals surface area contributed by atoms with E-state index in [1.54, 1.807) is 61.3 Å². The van der Waals surface area contributed by atoms with E-state index in [-0.39, 0.29) is 16.9 Å². The minimum Gasteiger partial charge on any atom is -0.385 e. The Morgan fingerprint density at radius 2 is 2.00 bits per heavy atom. The second-order valence-corrected chi connectivity index (χ2v) is 5.92. The Bertz CT molecular complexity index is 1250. The molecule has 11 nitrogen and oxygen atoms in total. The van der Waals surface area contributed by atoms with Crippen LogP contribution in [-0.4, -0.2) is 42.3 Å². The van der Waals surface area contributed by atoms with Crippen LogP contribution in [0.1, 0.15) is 10.5 Å². The molecule has 0 aliphatic heterocycles. The molecule has 0 atom stereocenters. The molecule has 4 heterocycles. The summed E-state index contributed by atoms with van der Waals surface area (Å²) >= 11 is 0. The second-order valence-electron chi connectivity index (χ2n) is 5.92. The van der Waals surface area contributed by atoms with Gasteiger partial charge in [-0.2, -0.15) is 0 Å². The molecule has 0 aliphatic carbocycles. The van der Waals surface area contributed by atoms with Gasteiger partial charge < -0.3 is 10.6 Å². The van der Waals surface area contributed by atoms with Gasteiger partial charge in [0.15, 0.2) is 17.2 Å². The van der Waals surface area contributed by atoms with Gasteiger partial charge in [0.2, 0.25) is 0 Å². The van der Waals surface area contributed by atoms with E-state index in [0.717, 1.165) is 0 Å². The van der Waals surface area contributed by atoms with Crippen molar-refractivity contribution in [3.8, 4) is 5.82 Å². The number of hydroxylamine groups is 1. The van der Waals surface area contributed by atoms with E-state index < -0.39 is 5.91 Å². The number of imidazole rings is 1. The van der Waals surface area contributed by atoms with Gasteiger partial charge in [-0.15, -0.1) is 5.10 Å². The van der Waals surface area contributed by atoms with Crippen molar-refractivity contribution in [1.29, 1.82) is 0 Å². The first-order chi connectivity index (χ1) is 14.1. The summed E-state index contributed by atoms with van der Waals surface area (Å²) in [5.41, 5.74) is 2.49. The molecule has 0 aromatic carbocycles. The largest absolute Gasteiger partial charge is 0.385 e. The summed E-state index contributed by atoms with van der Waals surface area (Å²) in [6.45, 7) is 0. The molecule has 4 rings (SSSR count). The summed E-state index contributed by atoms with van der Waals surface area (Å²) in [6.07, 6.45) is 4.50. The van der Waals surface area contributed by atoms with Crippen molar-refractivity contribution in [2.24, 2.45) is 0 Å². The Hall–Kier alpha value is -4.25. The zero-order valence-corrected chi connectivity index (χ0v) is 15.2. The summed E-state index contributed by atoms with van der Waals surface area (Å²) in [6, 6.07) is 10.2. The number of aromatic nitrogens is 5. The number of carbonyl (C=O) groups is 1. The maximum Gasteiger partial charge on any atom is 0.294 e. The second kappa shape index (κ2) is 7.40. The van der Waals surface area contributed by atoms with Crippen molar-refractivity contribution in [3.05, 3.63) is 71.0 Å². The monoisotopic (exact) mass is 392 g/mol. The molecule has 0 bridgehead atoms. The average molecular weight is 392 g/mol. The van der Waals surface area contributed by atoms with Crippen LogP contribution in [0.3, 0.4) is 0 Å². The topological polar surface area (TPSA) is 138 Å². The fourth-order valence-corrected chi connectivity index (χ4v) is 2.83. The molecule has 0 spiro atoms. The summed E-state index contributed by atoms with van der Waals surface area (Å²) < 4.78 is 2.67. The molecular formula is C18H16N8O3. The molecule has 4 N–H and O–H groups in total. The number of hydrogen-bond donors (Lipinski definition) is 4. The van der Waals surface area contributed by atoms with Crippen LogP contribution < -0.4 is 21.7 Å². The number of hydrogen-bond acceptors (Lipinski definition) is 8. The van der Waals surface area contributed by atoms with Crippen LogP contribution in [0, 0.1) is 0 Å². The molecule has 0 saturated heterocycles. The highest BCUT2D eigenvalue weighted by Crippen LogP contribution is 2.21. The standard InChI is InChI=1S/C18H16N8O3/c1-19-12-9-14(23-26-13(17(27)24-29)10-21-16(12)26)22-11-5-4-8-25(18(11)28)15-6-2-3-7-20-15/h2-10,19,29H,1H3,(H,22,23)(H,24,27). The van der Waals surface area contributed by atoms with Crippen molar-refractivity contribution >= 4 is 28.7 Å². The first-order valence-electron chi connectivity index (χ1n) is 8.53. The zero-order valence-electron chi connectivity index (χ0n) is 15.2. The maximum atomic E-state index is 12.9. The number of anilines is 3. The van der Waals surface area contributed by atoms with Crippen LogP contribution in [0.25, 0.3) is 11.5 Å². The molecule has 1 amide bonds. The first kappa shape index (κ1) is 18.1. The van der Waals surface area contributed by atoms with Gasteiger partial charge in [-0.1, -0.05) is 6.07 Å². The SMILES string of the molecule is CNc1cc(Nc2cccn(-c3ccccn3)c2=O)nn2c(C(=O)NO)cnc12. The van der Waals surface area contributed by atoms with Gasteiger partial charge in [-0.3, -0.25) is 19.4 Å². The number of pyridine rings is 2. The number of nitrogens with zero attached hydrogens (tertiary/aromatic N) is 5. The van der Waals surface area contributed by atoms with Gasteiger partial charge in [-0.25, -0.2) is 20.0 Å². The van der Waals surface area contributed by atoms with E-state index in [1.807, 2.05) is 0 Å². The Morgan fingerprint density at radius 1 is 1.14 bits per heavy atom. The van der Waals surface area contributed by atoms with Crippen molar-refractivity contribution < 1.29 is 10.0 Å². The quantitative estimate of drug-likeness (QED) is 0.293. The van der Waals surface area contributed by atoms with E-state index in [4.69, 9.17) is 5.21 Å². The molecule has 146 valence electrons. The molecule has 0 radical (unpaired) electrons. The average Bonchev–Trinajstić information content (AvgIpc) is 3.18. The van der Waals surface area contributed by atoms with E-state index in [1.165, 1.54) is 15.3 Å². The van der Waals surface area contributed by atoms with Crippen LogP contribution in [0.15, 0.2) is 59.8 Å². The number of nitrogens with one attached hydrogen (secondary N) is 3. The molecule has 0 aliphatic rings. The van der Waals surface area contributed by atoms with Gasteiger partial charge in [0.25, 0.3) is 11.5 Å². The number of amides is 1. The van der Waals surface area contributed by atoms with E-state index in [9.17, 15) is 9.59 Å². The minimum atomic E-state index is -0.763. The fourth-order valence-electron chi connectivity index (χ4n) is 2.83. The first-order valence-corrected chi connectivity index (χ1v) is 8.53. The van der Waals surface area contributed by atoms with Gasteiger partial charge >= 0.3 is 0 Å². The highest BCUT2D eigenvalue weighted by molar-refractivity contribution is 5.93. The lowest BCUT2D eigenvalue weighted by Gasteiger charge is -2.11. The predicted molar refractivity (Wildman–Crippen MR) is 105 cm³/mol. The van der Waals surface area contributed by atoms with Crippen molar-refractivity contribution in [2.75, 3.05) is 17.7 Å². The van der Waals surface area contributed by atoms with Crippen LogP contribution in [-0.2, 0) is 0 Å². The van der Waals surface area contributed by atoms with Crippen molar-refractivity contribution in [1.82, 2.24) is 29.6 Å². The van der Waals surface area contributed by atoms with E-state index in [2.05, 4.69) is 25.7 Å². The molecule has 0 saturated carbocycles. The van der Waals surface area contributed by atoms with E-state index >= 15 is 0 Å². The lowest BCUT2D eigenvalue weighted by Crippen LogP contribution is -2.22. The van der Waals surface area contributed by atoms with Gasteiger partial charge in [0.05, 0.1) is 11.9 Å². The molecule has 4 aromatic heterocycles. The third-order valence-corrected chi connectivity index (χ3v) is 4.18.